The summed E-state index contributed by atoms with van der Waals surface area (Å²) in [6, 6.07) is 6.30. The van der Waals surface area contributed by atoms with E-state index in [-0.39, 0.29) is 4.90 Å². The number of benzene rings is 1. The predicted molar refractivity (Wildman–Crippen MR) is 78.9 cm³/mol. The van der Waals surface area contributed by atoms with Gasteiger partial charge in [0, 0.05) is 6.26 Å². The largest absolute Gasteiger partial charge is 0.481 e. The summed E-state index contributed by atoms with van der Waals surface area (Å²) in [5.41, 5.74) is 0.704. The molecule has 2 saturated carbocycles. The van der Waals surface area contributed by atoms with Crippen LogP contribution in [0.5, 0.6) is 0 Å². The first kappa shape index (κ1) is 14.6. The first-order valence-electron chi connectivity index (χ1n) is 7.37. The van der Waals surface area contributed by atoms with Crippen LogP contribution in [0.3, 0.4) is 0 Å². The summed E-state index contributed by atoms with van der Waals surface area (Å²) in [5, 5.41) is 9.48. The van der Waals surface area contributed by atoms with Gasteiger partial charge in [-0.25, -0.2) is 8.42 Å². The van der Waals surface area contributed by atoms with Crippen molar-refractivity contribution in [3.8, 4) is 0 Å². The van der Waals surface area contributed by atoms with Gasteiger partial charge in [-0.3, -0.25) is 4.79 Å². The van der Waals surface area contributed by atoms with E-state index in [2.05, 4.69) is 0 Å². The fourth-order valence-electron chi connectivity index (χ4n) is 3.69. The fourth-order valence-corrected chi connectivity index (χ4v) is 4.32. The summed E-state index contributed by atoms with van der Waals surface area (Å²) in [6.07, 6.45) is 5.48. The van der Waals surface area contributed by atoms with Crippen molar-refractivity contribution in [3.63, 3.8) is 0 Å². The van der Waals surface area contributed by atoms with Crippen molar-refractivity contribution in [1.29, 1.82) is 0 Å². The summed E-state index contributed by atoms with van der Waals surface area (Å²) in [7, 11) is -3.24. The maximum atomic E-state index is 11.5. The minimum atomic E-state index is -3.24. The Bertz CT molecular complexity index is 637. The third kappa shape index (κ3) is 3.12. The second kappa shape index (κ2) is 5.13. The molecule has 2 aliphatic carbocycles. The second-order valence-corrected chi connectivity index (χ2v) is 8.58. The SMILES string of the molecule is CS(=O)(=O)c1ccc([C@H](CC2C[C@@H]3C[C@@H]3C2)C(=O)O)cc1. The number of aliphatic carboxylic acids is 1. The highest BCUT2D eigenvalue weighted by atomic mass is 32.2. The van der Waals surface area contributed by atoms with Gasteiger partial charge in [-0.15, -0.1) is 0 Å². The quantitative estimate of drug-likeness (QED) is 0.908. The van der Waals surface area contributed by atoms with E-state index in [0.717, 1.165) is 30.9 Å². The molecule has 1 aromatic carbocycles. The van der Waals surface area contributed by atoms with Crippen LogP contribution >= 0.6 is 0 Å². The molecule has 21 heavy (non-hydrogen) atoms. The molecule has 0 saturated heterocycles. The maximum absolute atomic E-state index is 11.5. The molecule has 0 amide bonds. The number of carbonyl (C=O) groups is 1. The molecule has 114 valence electrons. The van der Waals surface area contributed by atoms with Gasteiger partial charge in [0.1, 0.15) is 0 Å². The molecule has 0 aliphatic heterocycles. The molecular weight excluding hydrogens is 288 g/mol. The second-order valence-electron chi connectivity index (χ2n) is 6.56. The zero-order valence-electron chi connectivity index (χ0n) is 12.0. The highest BCUT2D eigenvalue weighted by molar-refractivity contribution is 7.90. The summed E-state index contributed by atoms with van der Waals surface area (Å²) < 4.78 is 22.9. The Hall–Kier alpha value is -1.36. The van der Waals surface area contributed by atoms with E-state index in [1.807, 2.05) is 0 Å². The number of hydrogen-bond acceptors (Lipinski definition) is 3. The monoisotopic (exact) mass is 308 g/mol. The zero-order valence-corrected chi connectivity index (χ0v) is 12.8. The van der Waals surface area contributed by atoms with Crippen molar-refractivity contribution in [2.75, 3.05) is 6.26 Å². The van der Waals surface area contributed by atoms with E-state index in [0.29, 0.717) is 17.9 Å². The topological polar surface area (TPSA) is 71.4 Å². The van der Waals surface area contributed by atoms with Gasteiger partial charge >= 0.3 is 5.97 Å². The van der Waals surface area contributed by atoms with Gasteiger partial charge < -0.3 is 5.11 Å². The lowest BCUT2D eigenvalue weighted by atomic mass is 9.86. The Morgan fingerprint density at radius 1 is 1.19 bits per heavy atom. The highest BCUT2D eigenvalue weighted by Crippen LogP contribution is 2.56. The lowest BCUT2D eigenvalue weighted by Gasteiger charge is -2.18. The molecule has 1 aromatic rings. The number of carboxylic acid groups (broad SMARTS) is 1. The summed E-state index contributed by atoms with van der Waals surface area (Å²) in [6.45, 7) is 0. The van der Waals surface area contributed by atoms with Crippen LogP contribution in [0, 0.1) is 17.8 Å². The number of rotatable bonds is 5. The molecule has 0 bridgehead atoms. The molecular formula is C16H20O4S. The molecule has 4 atom stereocenters. The van der Waals surface area contributed by atoms with Gasteiger partial charge in [-0.05, 0) is 61.1 Å². The van der Waals surface area contributed by atoms with Crippen molar-refractivity contribution >= 4 is 15.8 Å². The van der Waals surface area contributed by atoms with E-state index >= 15 is 0 Å². The molecule has 2 aliphatic rings. The van der Waals surface area contributed by atoms with E-state index in [4.69, 9.17) is 0 Å². The van der Waals surface area contributed by atoms with Gasteiger partial charge in [0.2, 0.25) is 0 Å². The minimum Gasteiger partial charge on any atom is -0.481 e. The van der Waals surface area contributed by atoms with Gasteiger partial charge in [-0.1, -0.05) is 12.1 Å². The number of fused-ring (bicyclic) bond motifs is 1. The Balaban J connectivity index is 1.75. The third-order valence-corrected chi connectivity index (χ3v) is 6.05. The first-order chi connectivity index (χ1) is 9.84. The van der Waals surface area contributed by atoms with Gasteiger partial charge in [0.15, 0.2) is 9.84 Å². The van der Waals surface area contributed by atoms with E-state index in [1.54, 1.807) is 12.1 Å². The summed E-state index contributed by atoms with van der Waals surface area (Å²) in [4.78, 5) is 11.8. The Labute approximate surface area is 125 Å². The Morgan fingerprint density at radius 2 is 1.76 bits per heavy atom. The standard InChI is InChI=1S/C16H20O4S/c1-21(19,20)14-4-2-11(3-5-14)15(16(17)18)8-10-6-12-9-13(12)7-10/h2-5,10,12-13,15H,6-9H2,1H3,(H,17,18)/t10?,12-,13+,15-/m0/s1. The van der Waals surface area contributed by atoms with Gasteiger partial charge in [0.25, 0.3) is 0 Å². The highest BCUT2D eigenvalue weighted by Gasteiger charge is 2.46. The Kier molecular flexibility index (Phi) is 3.56. The maximum Gasteiger partial charge on any atom is 0.310 e. The fraction of sp³-hybridized carbons (Fsp3) is 0.562. The third-order valence-electron chi connectivity index (χ3n) is 4.92. The van der Waals surface area contributed by atoms with E-state index < -0.39 is 21.7 Å². The lowest BCUT2D eigenvalue weighted by Crippen LogP contribution is -2.16. The van der Waals surface area contributed by atoms with Crippen molar-refractivity contribution in [3.05, 3.63) is 29.8 Å². The molecule has 0 aromatic heterocycles. The minimum absolute atomic E-state index is 0.234. The summed E-state index contributed by atoms with van der Waals surface area (Å²) >= 11 is 0. The lowest BCUT2D eigenvalue weighted by molar-refractivity contribution is -0.139. The smallest absolute Gasteiger partial charge is 0.310 e. The van der Waals surface area contributed by atoms with Crippen LogP contribution in [-0.2, 0) is 14.6 Å². The van der Waals surface area contributed by atoms with Crippen LogP contribution in [-0.4, -0.2) is 25.7 Å². The average molecular weight is 308 g/mol. The van der Waals surface area contributed by atoms with Crippen molar-refractivity contribution in [2.45, 2.75) is 36.5 Å². The molecule has 1 N–H and O–H groups in total. The molecule has 4 nitrogen and oxygen atoms in total. The van der Waals surface area contributed by atoms with Crippen molar-refractivity contribution < 1.29 is 18.3 Å². The van der Waals surface area contributed by atoms with Crippen LogP contribution < -0.4 is 0 Å². The van der Waals surface area contributed by atoms with E-state index in [1.165, 1.54) is 18.6 Å². The number of hydrogen-bond donors (Lipinski definition) is 1. The zero-order chi connectivity index (χ0) is 15.2. The van der Waals surface area contributed by atoms with Crippen LogP contribution in [0.25, 0.3) is 0 Å². The molecule has 2 fully saturated rings. The van der Waals surface area contributed by atoms with Crippen LogP contribution in [0.4, 0.5) is 0 Å². The van der Waals surface area contributed by atoms with E-state index in [9.17, 15) is 18.3 Å². The van der Waals surface area contributed by atoms with Crippen LogP contribution in [0.15, 0.2) is 29.2 Å². The van der Waals surface area contributed by atoms with Crippen molar-refractivity contribution in [1.82, 2.24) is 0 Å². The molecule has 5 heteroatoms. The molecule has 1 unspecified atom stereocenters. The molecule has 0 spiro atoms. The average Bonchev–Trinajstić information content (AvgIpc) is 3.02. The normalized spacial score (nSPS) is 28.9. The molecule has 0 radical (unpaired) electrons. The van der Waals surface area contributed by atoms with Crippen LogP contribution in [0.2, 0.25) is 0 Å². The molecule has 0 heterocycles. The molecule has 3 rings (SSSR count). The number of carboxylic acids is 1. The van der Waals surface area contributed by atoms with Crippen molar-refractivity contribution in [2.24, 2.45) is 17.8 Å². The summed E-state index contributed by atoms with van der Waals surface area (Å²) in [5.74, 6) is 0.849. The van der Waals surface area contributed by atoms with Gasteiger partial charge in [0.05, 0.1) is 10.8 Å². The first-order valence-corrected chi connectivity index (χ1v) is 9.26. The number of sulfone groups is 1. The van der Waals surface area contributed by atoms with Gasteiger partial charge in [-0.2, -0.15) is 0 Å². The van der Waals surface area contributed by atoms with Crippen LogP contribution in [0.1, 0.15) is 37.2 Å². The Morgan fingerprint density at radius 3 is 2.24 bits per heavy atom. The predicted octanol–water partition coefficient (Wildman–Crippen LogP) is 2.69.